The molecule has 0 spiro atoms. The predicted octanol–water partition coefficient (Wildman–Crippen LogP) is 2.88. The summed E-state index contributed by atoms with van der Waals surface area (Å²) in [6.45, 7) is 6.65. The van der Waals surface area contributed by atoms with Crippen LogP contribution >= 0.6 is 0 Å². The Balaban J connectivity index is 2.35. The van der Waals surface area contributed by atoms with Crippen LogP contribution in [0.3, 0.4) is 0 Å². The molecule has 19 heavy (non-hydrogen) atoms. The molecular weight excluding hydrogens is 236 g/mol. The smallest absolute Gasteiger partial charge is 0.143 e. The van der Waals surface area contributed by atoms with Crippen LogP contribution in [0, 0.1) is 13.8 Å². The van der Waals surface area contributed by atoms with Crippen molar-refractivity contribution in [3.8, 4) is 5.75 Å². The molecule has 1 unspecified atom stereocenters. The first-order valence-corrected chi connectivity index (χ1v) is 6.98. The number of ether oxygens (including phenoxy) is 1. The molecule has 1 aliphatic heterocycles. The maximum Gasteiger partial charge on any atom is 0.143 e. The maximum atomic E-state index is 5.56. The minimum atomic E-state index is 0.634. The van der Waals surface area contributed by atoms with Crippen LogP contribution < -0.4 is 10.1 Å². The maximum absolute atomic E-state index is 5.56. The van der Waals surface area contributed by atoms with Gasteiger partial charge in [0.15, 0.2) is 0 Å². The van der Waals surface area contributed by atoms with Gasteiger partial charge in [-0.3, -0.25) is 0 Å². The summed E-state index contributed by atoms with van der Waals surface area (Å²) in [4.78, 5) is 0. The van der Waals surface area contributed by atoms with Crippen molar-refractivity contribution in [3.05, 3.63) is 29.0 Å². The minimum absolute atomic E-state index is 0.634. The molecule has 0 amide bonds. The number of benzene rings is 1. The van der Waals surface area contributed by atoms with Gasteiger partial charge in [0.05, 0.1) is 12.6 Å². The molecule has 3 rings (SSSR count). The van der Waals surface area contributed by atoms with E-state index < -0.39 is 0 Å². The summed E-state index contributed by atoms with van der Waals surface area (Å²) in [6.07, 6.45) is 1.23. The number of rotatable bonds is 2. The van der Waals surface area contributed by atoms with E-state index in [1.54, 1.807) is 7.11 Å². The van der Waals surface area contributed by atoms with E-state index in [9.17, 15) is 0 Å². The van der Waals surface area contributed by atoms with Gasteiger partial charge in [0.2, 0.25) is 0 Å². The van der Waals surface area contributed by atoms with Crippen molar-refractivity contribution in [2.75, 3.05) is 20.2 Å². The fourth-order valence-electron chi connectivity index (χ4n) is 3.44. The summed E-state index contributed by atoms with van der Waals surface area (Å²) < 4.78 is 7.84. The van der Waals surface area contributed by atoms with Gasteiger partial charge in [-0.15, -0.1) is 0 Å². The molecule has 2 aromatic rings. The van der Waals surface area contributed by atoms with Crippen LogP contribution in [0.25, 0.3) is 10.9 Å². The summed E-state index contributed by atoms with van der Waals surface area (Å²) in [7, 11) is 3.90. The summed E-state index contributed by atoms with van der Waals surface area (Å²) in [6, 6.07) is 4.25. The van der Waals surface area contributed by atoms with Gasteiger partial charge in [0.25, 0.3) is 0 Å². The SMILES string of the molecule is COc1ccc(C)c2c(C3CCNC3)c(C)n(C)c12. The number of nitrogens with zero attached hydrogens (tertiary/aromatic N) is 1. The molecule has 1 N–H and O–H groups in total. The molecule has 1 atom stereocenters. The van der Waals surface area contributed by atoms with Crippen molar-refractivity contribution in [1.82, 2.24) is 9.88 Å². The van der Waals surface area contributed by atoms with E-state index in [0.717, 1.165) is 18.8 Å². The highest BCUT2D eigenvalue weighted by molar-refractivity contribution is 5.93. The van der Waals surface area contributed by atoms with Crippen molar-refractivity contribution in [2.45, 2.75) is 26.2 Å². The Kier molecular flexibility index (Phi) is 3.02. The lowest BCUT2D eigenvalue weighted by Crippen LogP contribution is -2.08. The molecule has 3 heteroatoms. The first-order valence-electron chi connectivity index (χ1n) is 6.98. The third kappa shape index (κ3) is 1.76. The third-order valence-corrected chi connectivity index (χ3v) is 4.54. The van der Waals surface area contributed by atoms with Crippen molar-refractivity contribution in [3.63, 3.8) is 0 Å². The quantitative estimate of drug-likeness (QED) is 0.896. The average Bonchev–Trinajstić information content (AvgIpc) is 3.00. The number of aryl methyl sites for hydroxylation is 2. The second-order valence-corrected chi connectivity index (χ2v) is 5.56. The molecule has 1 aliphatic rings. The summed E-state index contributed by atoms with van der Waals surface area (Å²) in [5, 5.41) is 4.88. The summed E-state index contributed by atoms with van der Waals surface area (Å²) in [5.41, 5.74) is 5.47. The van der Waals surface area contributed by atoms with Gasteiger partial charge < -0.3 is 14.6 Å². The van der Waals surface area contributed by atoms with E-state index in [1.165, 1.54) is 34.1 Å². The van der Waals surface area contributed by atoms with E-state index in [-0.39, 0.29) is 0 Å². The molecule has 1 aromatic heterocycles. The van der Waals surface area contributed by atoms with Gasteiger partial charge in [-0.25, -0.2) is 0 Å². The third-order valence-electron chi connectivity index (χ3n) is 4.54. The average molecular weight is 258 g/mol. The van der Waals surface area contributed by atoms with Gasteiger partial charge in [-0.1, -0.05) is 6.07 Å². The van der Waals surface area contributed by atoms with Crippen LogP contribution in [0.5, 0.6) is 5.75 Å². The van der Waals surface area contributed by atoms with E-state index in [0.29, 0.717) is 5.92 Å². The van der Waals surface area contributed by atoms with Crippen LogP contribution in [0.15, 0.2) is 12.1 Å². The van der Waals surface area contributed by atoms with Crippen LogP contribution in [0.4, 0.5) is 0 Å². The van der Waals surface area contributed by atoms with Crippen molar-refractivity contribution in [2.24, 2.45) is 7.05 Å². The van der Waals surface area contributed by atoms with Crippen molar-refractivity contribution in [1.29, 1.82) is 0 Å². The van der Waals surface area contributed by atoms with E-state index in [4.69, 9.17) is 4.74 Å². The molecule has 1 saturated heterocycles. The number of hydrogen-bond donors (Lipinski definition) is 1. The zero-order chi connectivity index (χ0) is 13.6. The molecule has 0 bridgehead atoms. The van der Waals surface area contributed by atoms with Crippen LogP contribution in [0.2, 0.25) is 0 Å². The molecule has 0 aliphatic carbocycles. The zero-order valence-electron chi connectivity index (χ0n) is 12.2. The molecule has 1 fully saturated rings. The Bertz CT molecular complexity index is 621. The Morgan fingerprint density at radius 2 is 2.11 bits per heavy atom. The Hall–Kier alpha value is -1.48. The normalized spacial score (nSPS) is 19.3. The molecule has 0 saturated carbocycles. The summed E-state index contributed by atoms with van der Waals surface area (Å²) >= 11 is 0. The van der Waals surface area contributed by atoms with Crippen LogP contribution in [-0.4, -0.2) is 24.8 Å². The van der Waals surface area contributed by atoms with Crippen LogP contribution in [0.1, 0.15) is 29.2 Å². The van der Waals surface area contributed by atoms with Crippen molar-refractivity contribution >= 4 is 10.9 Å². The predicted molar refractivity (Wildman–Crippen MR) is 79.2 cm³/mol. The molecular formula is C16H22N2O. The van der Waals surface area contributed by atoms with Crippen LogP contribution in [-0.2, 0) is 7.05 Å². The van der Waals surface area contributed by atoms with Gasteiger partial charge in [-0.05, 0) is 49.9 Å². The first kappa shape index (κ1) is 12.5. The topological polar surface area (TPSA) is 26.2 Å². The highest BCUT2D eigenvalue weighted by Crippen LogP contribution is 2.39. The second kappa shape index (κ2) is 4.57. The minimum Gasteiger partial charge on any atom is -0.495 e. The van der Waals surface area contributed by atoms with Crippen molar-refractivity contribution < 1.29 is 4.74 Å². The lowest BCUT2D eigenvalue weighted by molar-refractivity contribution is 0.417. The first-order chi connectivity index (χ1) is 9.15. The largest absolute Gasteiger partial charge is 0.495 e. The number of nitrogens with one attached hydrogen (secondary N) is 1. The van der Waals surface area contributed by atoms with E-state index in [1.807, 2.05) is 0 Å². The molecule has 2 heterocycles. The molecule has 0 radical (unpaired) electrons. The van der Waals surface area contributed by atoms with Gasteiger partial charge in [0, 0.05) is 24.7 Å². The Morgan fingerprint density at radius 1 is 1.32 bits per heavy atom. The van der Waals surface area contributed by atoms with E-state index >= 15 is 0 Å². The van der Waals surface area contributed by atoms with E-state index in [2.05, 4.69) is 42.9 Å². The molecule has 3 nitrogen and oxygen atoms in total. The summed E-state index contributed by atoms with van der Waals surface area (Å²) in [5.74, 6) is 1.61. The van der Waals surface area contributed by atoms with Gasteiger partial charge >= 0.3 is 0 Å². The monoisotopic (exact) mass is 258 g/mol. The number of methoxy groups -OCH3 is 1. The Morgan fingerprint density at radius 3 is 2.74 bits per heavy atom. The number of hydrogen-bond acceptors (Lipinski definition) is 2. The van der Waals surface area contributed by atoms with Gasteiger partial charge in [0.1, 0.15) is 5.75 Å². The lowest BCUT2D eigenvalue weighted by Gasteiger charge is -2.11. The zero-order valence-corrected chi connectivity index (χ0v) is 12.2. The second-order valence-electron chi connectivity index (χ2n) is 5.56. The number of fused-ring (bicyclic) bond motifs is 1. The molecule has 102 valence electrons. The fourth-order valence-corrected chi connectivity index (χ4v) is 3.44. The number of aromatic nitrogens is 1. The van der Waals surface area contributed by atoms with Gasteiger partial charge in [-0.2, -0.15) is 0 Å². The highest BCUT2D eigenvalue weighted by atomic mass is 16.5. The highest BCUT2D eigenvalue weighted by Gasteiger charge is 2.25. The standard InChI is InChI=1S/C16H22N2O/c1-10-5-6-13(19-4)16-14(10)15(11(2)18(16)3)12-7-8-17-9-12/h5-6,12,17H,7-9H2,1-4H3. The fraction of sp³-hybridized carbons (Fsp3) is 0.500. The molecule has 1 aromatic carbocycles. The Labute approximate surface area is 114 Å². The lowest BCUT2D eigenvalue weighted by atomic mass is 9.93.